The van der Waals surface area contributed by atoms with Crippen molar-refractivity contribution in [2.75, 3.05) is 5.73 Å². The van der Waals surface area contributed by atoms with E-state index < -0.39 is 11.7 Å². The second-order valence-electron chi connectivity index (χ2n) is 9.41. The fourth-order valence-electron chi connectivity index (χ4n) is 4.81. The second kappa shape index (κ2) is 11.4. The van der Waals surface area contributed by atoms with Crippen LogP contribution >= 0.6 is 0 Å². The third-order valence-corrected chi connectivity index (χ3v) is 6.95. The molecule has 1 aliphatic carbocycles. The summed E-state index contributed by atoms with van der Waals surface area (Å²) in [6.07, 6.45) is 5.11. The zero-order valence-corrected chi connectivity index (χ0v) is 21.9. The van der Waals surface area contributed by atoms with Crippen LogP contribution in [0.4, 0.5) is 10.2 Å². The summed E-state index contributed by atoms with van der Waals surface area (Å²) in [6.45, 7) is 5.09. The number of fused-ring (bicyclic) bond motifs is 1. The van der Waals surface area contributed by atoms with Gasteiger partial charge in [-0.05, 0) is 62.9 Å². The van der Waals surface area contributed by atoms with Crippen LogP contribution in [0.2, 0.25) is 0 Å². The maximum absolute atomic E-state index is 15.4. The van der Waals surface area contributed by atoms with Gasteiger partial charge in [-0.2, -0.15) is 5.10 Å². The summed E-state index contributed by atoms with van der Waals surface area (Å²) in [5.41, 5.74) is 13.6. The first-order valence-electron chi connectivity index (χ1n) is 12.8. The van der Waals surface area contributed by atoms with Crippen molar-refractivity contribution in [3.8, 4) is 22.8 Å². The molecule has 204 valence electrons. The molecule has 0 aliphatic heterocycles. The normalized spacial score (nSPS) is 14.9. The second-order valence-corrected chi connectivity index (χ2v) is 9.41. The molecular weight excluding hydrogens is 513 g/mol. The van der Waals surface area contributed by atoms with Gasteiger partial charge in [0.1, 0.15) is 35.2 Å². The lowest BCUT2D eigenvalue weighted by Crippen LogP contribution is -2.41. The first-order valence-corrected chi connectivity index (χ1v) is 12.8. The highest BCUT2D eigenvalue weighted by Crippen LogP contribution is 2.39. The number of nitrogen functional groups attached to an aromatic ring is 1. The van der Waals surface area contributed by atoms with Crippen LogP contribution < -0.4 is 21.3 Å². The Kier molecular flexibility index (Phi) is 7.54. The highest BCUT2D eigenvalue weighted by Gasteiger charge is 2.27. The molecule has 2 heterocycles. The lowest BCUT2D eigenvalue weighted by molar-refractivity contribution is -0.124. The summed E-state index contributed by atoms with van der Waals surface area (Å²) in [7, 11) is 0. The number of amides is 2. The van der Waals surface area contributed by atoms with Gasteiger partial charge in [-0.1, -0.05) is 30.4 Å². The number of para-hydroxylation sites is 1. The Balaban J connectivity index is 1.40. The minimum atomic E-state index is -0.512. The third-order valence-electron chi connectivity index (χ3n) is 6.95. The topological polar surface area (TPSA) is 137 Å². The van der Waals surface area contributed by atoms with Crippen molar-refractivity contribution in [2.24, 2.45) is 0 Å². The minimum Gasteiger partial charge on any atom is -0.457 e. The van der Waals surface area contributed by atoms with Crippen LogP contribution in [0.25, 0.3) is 22.3 Å². The molecule has 40 heavy (non-hydrogen) atoms. The molecule has 1 fully saturated rings. The van der Waals surface area contributed by atoms with E-state index in [0.717, 1.165) is 11.6 Å². The molecule has 1 saturated carbocycles. The van der Waals surface area contributed by atoms with Crippen molar-refractivity contribution in [1.82, 2.24) is 30.6 Å². The molecule has 0 radical (unpaired) electrons. The van der Waals surface area contributed by atoms with E-state index >= 15 is 4.39 Å². The molecule has 0 saturated heterocycles. The van der Waals surface area contributed by atoms with E-state index in [-0.39, 0.29) is 23.3 Å². The van der Waals surface area contributed by atoms with Gasteiger partial charge in [0.25, 0.3) is 11.8 Å². The number of allylic oxidation sites excluding steroid dienone is 1. The molecule has 0 unspecified atom stereocenters. The number of nitrogens with one attached hydrogen (secondary N) is 2. The number of carbonyl (C=O) groups excluding carboxylic acids is 2. The van der Waals surface area contributed by atoms with Crippen molar-refractivity contribution in [2.45, 2.75) is 38.6 Å². The Morgan fingerprint density at radius 1 is 1.10 bits per heavy atom. The summed E-state index contributed by atoms with van der Waals surface area (Å²) < 4.78 is 23.0. The molecule has 10 nitrogen and oxygen atoms in total. The van der Waals surface area contributed by atoms with Gasteiger partial charge >= 0.3 is 0 Å². The first-order chi connectivity index (χ1) is 19.4. The quantitative estimate of drug-likeness (QED) is 0.236. The van der Waals surface area contributed by atoms with E-state index in [1.807, 2.05) is 18.2 Å². The van der Waals surface area contributed by atoms with Crippen LogP contribution in [0.15, 0.2) is 78.7 Å². The van der Waals surface area contributed by atoms with Crippen molar-refractivity contribution >= 4 is 28.7 Å². The summed E-state index contributed by atoms with van der Waals surface area (Å²) in [4.78, 5) is 32.3. The van der Waals surface area contributed by atoms with E-state index in [1.54, 1.807) is 35.9 Å². The van der Waals surface area contributed by atoms with Gasteiger partial charge in [0.15, 0.2) is 5.65 Å². The summed E-state index contributed by atoms with van der Waals surface area (Å²) in [5.74, 6) is -0.209. The largest absolute Gasteiger partial charge is 0.457 e. The summed E-state index contributed by atoms with van der Waals surface area (Å²) in [5, 5.41) is 5.26. The predicted molar refractivity (Wildman–Crippen MR) is 148 cm³/mol. The number of hydrogen-bond donors (Lipinski definition) is 3. The number of aromatic nitrogens is 4. The molecule has 5 rings (SSSR count). The lowest BCUT2D eigenvalue weighted by Gasteiger charge is -2.26. The van der Waals surface area contributed by atoms with Crippen molar-refractivity contribution < 1.29 is 18.7 Å². The minimum absolute atomic E-state index is 0.0469. The molecule has 2 amide bonds. The standard InChI is InChI=1S/C29H28FN7O3/c1-3-24(38)34-35-29(39)17(2)18-9-11-19(12-10-18)37-28-25(27(31)32-16-33-28)26(36-37)22-14-13-21(15-23(22)30)40-20-7-5-4-6-8-20/h3-8,13-16,19H,1,9-12H2,2H3,(H,34,38)(H,35,39)(H2,31,32,33). The van der Waals surface area contributed by atoms with E-state index in [1.165, 1.54) is 12.4 Å². The number of carbonyl (C=O) groups is 2. The number of rotatable bonds is 6. The van der Waals surface area contributed by atoms with Crippen molar-refractivity contribution in [3.05, 3.63) is 84.5 Å². The van der Waals surface area contributed by atoms with Gasteiger partial charge in [-0.15, -0.1) is 0 Å². The van der Waals surface area contributed by atoms with Gasteiger partial charge in [0.2, 0.25) is 0 Å². The molecular formula is C29H28FN7O3. The Labute approximate surface area is 229 Å². The van der Waals surface area contributed by atoms with Gasteiger partial charge in [0.05, 0.1) is 11.4 Å². The van der Waals surface area contributed by atoms with Crippen LogP contribution in [-0.4, -0.2) is 31.6 Å². The molecule has 0 spiro atoms. The maximum Gasteiger partial charge on any atom is 0.265 e. The average Bonchev–Trinajstić information content (AvgIpc) is 3.36. The number of nitrogens with two attached hydrogens (primary N) is 1. The SMILES string of the molecule is C=CC(=O)NNC(=O)C(C)=C1CCC(n2nc(-c3ccc(Oc4ccccc4)cc3F)c3c(N)ncnc32)CC1. The average molecular weight is 542 g/mol. The zero-order valence-electron chi connectivity index (χ0n) is 21.9. The molecule has 0 atom stereocenters. The molecule has 4 aromatic rings. The van der Waals surface area contributed by atoms with E-state index in [2.05, 4.69) is 27.4 Å². The number of hydrogen-bond acceptors (Lipinski definition) is 7. The number of benzene rings is 2. The van der Waals surface area contributed by atoms with Gasteiger partial charge in [0, 0.05) is 17.2 Å². The Morgan fingerprint density at radius 2 is 1.85 bits per heavy atom. The Bertz CT molecular complexity index is 1620. The molecule has 0 bridgehead atoms. The van der Waals surface area contributed by atoms with E-state index in [0.29, 0.717) is 59.5 Å². The van der Waals surface area contributed by atoms with Crippen molar-refractivity contribution in [1.29, 1.82) is 0 Å². The highest BCUT2D eigenvalue weighted by molar-refractivity contribution is 5.98. The fourth-order valence-corrected chi connectivity index (χ4v) is 4.81. The van der Waals surface area contributed by atoms with Gasteiger partial charge in [-0.25, -0.2) is 19.0 Å². The van der Waals surface area contributed by atoms with Crippen LogP contribution in [-0.2, 0) is 9.59 Å². The smallest absolute Gasteiger partial charge is 0.265 e. The molecule has 11 heteroatoms. The zero-order chi connectivity index (χ0) is 28.2. The lowest BCUT2D eigenvalue weighted by atomic mass is 9.88. The molecule has 4 N–H and O–H groups in total. The first kappa shape index (κ1) is 26.5. The Hall–Kier alpha value is -5.06. The number of halogens is 1. The Morgan fingerprint density at radius 3 is 2.55 bits per heavy atom. The van der Waals surface area contributed by atoms with Crippen LogP contribution in [0.3, 0.4) is 0 Å². The molecule has 2 aromatic heterocycles. The monoisotopic (exact) mass is 541 g/mol. The van der Waals surface area contributed by atoms with Crippen molar-refractivity contribution in [3.63, 3.8) is 0 Å². The van der Waals surface area contributed by atoms with E-state index in [9.17, 15) is 9.59 Å². The number of hydrazine groups is 1. The highest BCUT2D eigenvalue weighted by atomic mass is 19.1. The summed E-state index contributed by atoms with van der Waals surface area (Å²) >= 11 is 0. The van der Waals surface area contributed by atoms with Gasteiger partial charge < -0.3 is 10.5 Å². The number of nitrogens with zero attached hydrogens (tertiary/aromatic N) is 4. The molecule has 1 aliphatic rings. The molecule has 2 aromatic carbocycles. The fraction of sp³-hybridized carbons (Fsp3) is 0.207. The van der Waals surface area contributed by atoms with E-state index in [4.69, 9.17) is 15.6 Å². The van der Waals surface area contributed by atoms with Gasteiger partial charge in [-0.3, -0.25) is 20.4 Å². The van der Waals surface area contributed by atoms with Crippen LogP contribution in [0.1, 0.15) is 38.6 Å². The third kappa shape index (κ3) is 5.39. The predicted octanol–water partition coefficient (Wildman–Crippen LogP) is 4.77. The summed E-state index contributed by atoms with van der Waals surface area (Å²) in [6, 6.07) is 13.7. The van der Waals surface area contributed by atoms with Crippen LogP contribution in [0.5, 0.6) is 11.5 Å². The number of ether oxygens (including phenoxy) is 1. The maximum atomic E-state index is 15.4. The number of anilines is 1. The van der Waals surface area contributed by atoms with Crippen LogP contribution in [0, 0.1) is 5.82 Å².